The van der Waals surface area contributed by atoms with Gasteiger partial charge < -0.3 is 8.97 Å². The highest BCUT2D eigenvalue weighted by Gasteiger charge is 2.38. The normalized spacial score (nSPS) is 14.7. The molecule has 0 saturated heterocycles. The van der Waals surface area contributed by atoms with Crippen LogP contribution >= 0.6 is 0 Å². The molecule has 2 amide bonds. The van der Waals surface area contributed by atoms with Crippen molar-refractivity contribution >= 4 is 22.6 Å². The fourth-order valence-corrected chi connectivity index (χ4v) is 5.88. The molecule has 0 unspecified atom stereocenters. The fraction of sp³-hybridized carbons (Fsp3) is 0.613. The summed E-state index contributed by atoms with van der Waals surface area (Å²) in [5.74, 6) is -0.326. The summed E-state index contributed by atoms with van der Waals surface area (Å²) < 4.78 is 2.02. The minimum absolute atomic E-state index is 0.163. The average Bonchev–Trinajstić information content (AvgIpc) is 2.81. The first-order valence-electron chi connectivity index (χ1n) is 13.9. The molecule has 2 aromatic carbocycles. The van der Waals surface area contributed by atoms with E-state index in [0.29, 0.717) is 17.7 Å². The van der Waals surface area contributed by atoms with Gasteiger partial charge in [0.15, 0.2) is 0 Å². The Labute approximate surface area is 219 Å². The molecule has 1 aliphatic rings. The van der Waals surface area contributed by atoms with Gasteiger partial charge in [-0.1, -0.05) is 51.0 Å². The highest BCUT2D eigenvalue weighted by atomic mass is 16.2. The van der Waals surface area contributed by atoms with Crippen LogP contribution in [0.1, 0.15) is 80.0 Å². The number of rotatable bonds is 14. The maximum absolute atomic E-state index is 13.3. The van der Waals surface area contributed by atoms with Crippen molar-refractivity contribution in [3.63, 3.8) is 0 Å². The van der Waals surface area contributed by atoms with Gasteiger partial charge in [0.2, 0.25) is 0 Å². The van der Waals surface area contributed by atoms with Crippen LogP contribution in [-0.2, 0) is 0 Å². The van der Waals surface area contributed by atoms with Crippen LogP contribution in [0.2, 0.25) is 0 Å². The molecule has 5 heteroatoms. The molecule has 1 aliphatic heterocycles. The second-order valence-electron chi connectivity index (χ2n) is 13.0. The number of unbranched alkanes of at least 4 members (excludes halogenated alkanes) is 5. The Hall–Kier alpha value is -2.24. The van der Waals surface area contributed by atoms with Gasteiger partial charge in [-0.25, -0.2) is 0 Å². The SMILES string of the molecule is CC[N+](C)(C)CCCCCCCC[N+](C)(C)CC(C)(C)CN1C(=O)c2cccc3cccc(c23)C1=O. The number of nitrogens with zero attached hydrogens (tertiary/aromatic N) is 3. The van der Waals surface area contributed by atoms with E-state index in [0.717, 1.165) is 32.8 Å². The first kappa shape index (κ1) is 28.3. The number of carbonyl (C=O) groups is 2. The number of amides is 2. The third kappa shape index (κ3) is 7.17. The molecule has 0 atom stereocenters. The molecular formula is C31H49N3O2+2. The number of hydrogen-bond donors (Lipinski definition) is 0. The zero-order valence-electron chi connectivity index (χ0n) is 23.9. The van der Waals surface area contributed by atoms with Crippen molar-refractivity contribution in [2.24, 2.45) is 5.41 Å². The third-order valence-corrected chi connectivity index (χ3v) is 7.93. The lowest BCUT2D eigenvalue weighted by Gasteiger charge is -2.40. The van der Waals surface area contributed by atoms with Crippen molar-refractivity contribution in [3.05, 3.63) is 47.5 Å². The smallest absolute Gasteiger partial charge is 0.261 e. The zero-order valence-corrected chi connectivity index (χ0v) is 23.9. The average molecular weight is 496 g/mol. The molecule has 36 heavy (non-hydrogen) atoms. The van der Waals surface area contributed by atoms with Gasteiger partial charge in [0.05, 0.1) is 54.4 Å². The summed E-state index contributed by atoms with van der Waals surface area (Å²) >= 11 is 0. The Morgan fingerprint density at radius 1 is 0.722 bits per heavy atom. The number of benzene rings is 2. The van der Waals surface area contributed by atoms with E-state index in [1.54, 1.807) is 0 Å². The Bertz CT molecular complexity index is 1020. The van der Waals surface area contributed by atoms with Gasteiger partial charge in [-0.15, -0.1) is 0 Å². The lowest BCUT2D eigenvalue weighted by Crippen LogP contribution is -2.52. The molecule has 198 valence electrons. The fourth-order valence-electron chi connectivity index (χ4n) is 5.88. The van der Waals surface area contributed by atoms with E-state index < -0.39 is 0 Å². The van der Waals surface area contributed by atoms with Crippen LogP contribution in [0.25, 0.3) is 10.8 Å². The first-order chi connectivity index (χ1) is 16.9. The van der Waals surface area contributed by atoms with Crippen LogP contribution in [-0.4, -0.2) is 86.6 Å². The van der Waals surface area contributed by atoms with Crippen molar-refractivity contribution < 1.29 is 18.6 Å². The predicted molar refractivity (Wildman–Crippen MR) is 150 cm³/mol. The predicted octanol–water partition coefficient (Wildman–Crippen LogP) is 5.98. The van der Waals surface area contributed by atoms with Crippen LogP contribution < -0.4 is 0 Å². The Morgan fingerprint density at radius 2 is 1.19 bits per heavy atom. The van der Waals surface area contributed by atoms with E-state index in [2.05, 4.69) is 49.0 Å². The standard InChI is InChI=1S/C31H49N3O2/c1-8-33(4,5)21-13-11-9-10-12-14-22-34(6,7)24-31(2,3)23-32-29(35)26-19-15-17-25-18-16-20-27(28(25)26)30(32)36/h15-20H,8-14,21-24H2,1-7H3/q+2. The van der Waals surface area contributed by atoms with Crippen LogP contribution in [0.5, 0.6) is 0 Å². The number of imide groups is 1. The van der Waals surface area contributed by atoms with Gasteiger partial charge in [-0.3, -0.25) is 14.5 Å². The van der Waals surface area contributed by atoms with Gasteiger partial charge in [0.1, 0.15) is 0 Å². The molecule has 0 spiro atoms. The summed E-state index contributed by atoms with van der Waals surface area (Å²) in [5, 5.41) is 1.75. The van der Waals surface area contributed by atoms with Crippen LogP contribution in [0, 0.1) is 5.41 Å². The largest absolute Gasteiger partial charge is 0.329 e. The molecule has 0 N–H and O–H groups in total. The quantitative estimate of drug-likeness (QED) is 0.184. The second-order valence-corrected chi connectivity index (χ2v) is 13.0. The third-order valence-electron chi connectivity index (χ3n) is 7.93. The van der Waals surface area contributed by atoms with Crippen LogP contribution in [0.15, 0.2) is 36.4 Å². The van der Waals surface area contributed by atoms with E-state index in [-0.39, 0.29) is 17.2 Å². The van der Waals surface area contributed by atoms with Gasteiger partial charge in [-0.2, -0.15) is 0 Å². The van der Waals surface area contributed by atoms with E-state index in [1.807, 2.05) is 36.4 Å². The van der Waals surface area contributed by atoms with Gasteiger partial charge >= 0.3 is 0 Å². The maximum atomic E-state index is 13.3. The summed E-state index contributed by atoms with van der Waals surface area (Å²) in [5.41, 5.74) is 1.10. The topological polar surface area (TPSA) is 37.4 Å². The number of carbonyl (C=O) groups excluding carboxylic acids is 2. The van der Waals surface area contributed by atoms with E-state index in [9.17, 15) is 9.59 Å². The van der Waals surface area contributed by atoms with Crippen LogP contribution in [0.3, 0.4) is 0 Å². The monoisotopic (exact) mass is 495 g/mol. The van der Waals surface area contributed by atoms with Crippen molar-refractivity contribution in [2.75, 3.05) is 60.9 Å². The Balaban J connectivity index is 1.49. The maximum Gasteiger partial charge on any atom is 0.261 e. The Morgan fingerprint density at radius 3 is 1.69 bits per heavy atom. The summed E-state index contributed by atoms with van der Waals surface area (Å²) in [6.07, 6.45) is 7.79. The summed E-state index contributed by atoms with van der Waals surface area (Å²) in [4.78, 5) is 28.2. The van der Waals surface area contributed by atoms with Gasteiger partial charge in [0, 0.05) is 28.5 Å². The molecule has 0 bridgehead atoms. The van der Waals surface area contributed by atoms with Crippen LogP contribution in [0.4, 0.5) is 0 Å². The lowest BCUT2D eigenvalue weighted by atomic mass is 9.88. The van der Waals surface area contributed by atoms with Crippen molar-refractivity contribution in [1.82, 2.24) is 4.90 Å². The molecular weight excluding hydrogens is 446 g/mol. The highest BCUT2D eigenvalue weighted by Crippen LogP contribution is 2.32. The minimum Gasteiger partial charge on any atom is -0.329 e. The second kappa shape index (κ2) is 11.4. The molecule has 1 heterocycles. The molecule has 0 fully saturated rings. The number of quaternary nitrogens is 2. The van der Waals surface area contributed by atoms with Gasteiger partial charge in [-0.05, 0) is 50.1 Å². The van der Waals surface area contributed by atoms with E-state index in [1.165, 1.54) is 56.5 Å². The van der Waals surface area contributed by atoms with Crippen molar-refractivity contribution in [2.45, 2.75) is 59.3 Å². The minimum atomic E-state index is -0.181. The molecule has 0 saturated carbocycles. The molecule has 0 aliphatic carbocycles. The summed E-state index contributed by atoms with van der Waals surface area (Å²) in [6, 6.07) is 11.5. The highest BCUT2D eigenvalue weighted by molar-refractivity contribution is 6.25. The molecule has 2 aromatic rings. The van der Waals surface area contributed by atoms with Crippen molar-refractivity contribution in [3.8, 4) is 0 Å². The Kier molecular flexibility index (Phi) is 9.00. The molecule has 0 aromatic heterocycles. The number of hydrogen-bond acceptors (Lipinski definition) is 2. The molecule has 0 radical (unpaired) electrons. The van der Waals surface area contributed by atoms with E-state index >= 15 is 0 Å². The first-order valence-corrected chi connectivity index (χ1v) is 13.9. The summed E-state index contributed by atoms with van der Waals surface area (Å²) in [7, 11) is 9.19. The van der Waals surface area contributed by atoms with E-state index in [4.69, 9.17) is 0 Å². The zero-order chi connectivity index (χ0) is 26.6. The van der Waals surface area contributed by atoms with Gasteiger partial charge in [0.25, 0.3) is 11.8 Å². The molecule has 3 rings (SSSR count). The molecule has 5 nitrogen and oxygen atoms in total. The summed E-state index contributed by atoms with van der Waals surface area (Å²) in [6.45, 7) is 11.6. The lowest BCUT2D eigenvalue weighted by molar-refractivity contribution is -0.896. The van der Waals surface area contributed by atoms with Crippen molar-refractivity contribution in [1.29, 1.82) is 0 Å².